The lowest BCUT2D eigenvalue weighted by Crippen LogP contribution is -2.48. The smallest absolute Gasteiger partial charge is 0.234 e. The highest BCUT2D eigenvalue weighted by Gasteiger charge is 2.14. The fourth-order valence-electron chi connectivity index (χ4n) is 1.97. The van der Waals surface area contributed by atoms with Crippen LogP contribution < -0.4 is 10.6 Å². The third kappa shape index (κ3) is 6.93. The number of rotatable bonds is 5. The van der Waals surface area contributed by atoms with Crippen molar-refractivity contribution in [2.24, 2.45) is 0 Å². The van der Waals surface area contributed by atoms with E-state index >= 15 is 0 Å². The summed E-state index contributed by atoms with van der Waals surface area (Å²) in [5, 5.41) is 6.14. The molecule has 1 fully saturated rings. The van der Waals surface area contributed by atoms with Crippen molar-refractivity contribution in [1.29, 1.82) is 0 Å². The van der Waals surface area contributed by atoms with Gasteiger partial charge in [0.15, 0.2) is 0 Å². The van der Waals surface area contributed by atoms with Crippen molar-refractivity contribution < 1.29 is 4.79 Å². The highest BCUT2D eigenvalue weighted by atomic mass is 16.2. The molecular formula is C13H28N4O. The van der Waals surface area contributed by atoms with Crippen LogP contribution in [0.5, 0.6) is 0 Å². The zero-order chi connectivity index (χ0) is 13.6. The second-order valence-corrected chi connectivity index (χ2v) is 6.12. The summed E-state index contributed by atoms with van der Waals surface area (Å²) in [6, 6.07) is 0. The van der Waals surface area contributed by atoms with E-state index in [0.29, 0.717) is 6.54 Å². The Morgan fingerprint density at radius 3 is 2.33 bits per heavy atom. The quantitative estimate of drug-likeness (QED) is 0.665. The first-order chi connectivity index (χ1) is 8.37. The minimum atomic E-state index is -0.143. The molecular weight excluding hydrogens is 228 g/mol. The van der Waals surface area contributed by atoms with Gasteiger partial charge in [-0.25, -0.2) is 0 Å². The summed E-state index contributed by atoms with van der Waals surface area (Å²) in [6.07, 6.45) is 0. The maximum Gasteiger partial charge on any atom is 0.234 e. The molecule has 1 saturated heterocycles. The van der Waals surface area contributed by atoms with Crippen LogP contribution in [0.4, 0.5) is 0 Å². The van der Waals surface area contributed by atoms with Crippen LogP contribution in [0.25, 0.3) is 0 Å². The van der Waals surface area contributed by atoms with Crippen LogP contribution in [0.15, 0.2) is 0 Å². The van der Waals surface area contributed by atoms with E-state index in [1.54, 1.807) is 0 Å². The maximum atomic E-state index is 11.6. The van der Waals surface area contributed by atoms with Gasteiger partial charge in [0.25, 0.3) is 0 Å². The molecule has 1 amide bonds. The lowest BCUT2D eigenvalue weighted by molar-refractivity contribution is -0.121. The Hall–Kier alpha value is -0.650. The average molecular weight is 256 g/mol. The molecule has 0 aliphatic carbocycles. The molecule has 18 heavy (non-hydrogen) atoms. The van der Waals surface area contributed by atoms with E-state index < -0.39 is 0 Å². The Kier molecular flexibility index (Phi) is 6.05. The minimum Gasteiger partial charge on any atom is -0.350 e. The Bertz CT molecular complexity index is 254. The van der Waals surface area contributed by atoms with Gasteiger partial charge in [0.2, 0.25) is 5.91 Å². The maximum absolute atomic E-state index is 11.6. The topological polar surface area (TPSA) is 47.6 Å². The van der Waals surface area contributed by atoms with Crippen molar-refractivity contribution in [3.8, 4) is 0 Å². The van der Waals surface area contributed by atoms with Gasteiger partial charge in [-0.15, -0.1) is 0 Å². The predicted octanol–water partition coefficient (Wildman–Crippen LogP) is -0.262. The van der Waals surface area contributed by atoms with E-state index in [1.807, 2.05) is 20.8 Å². The Labute approximate surface area is 111 Å². The molecule has 1 rings (SSSR count). The minimum absolute atomic E-state index is 0.0703. The Morgan fingerprint density at radius 2 is 1.78 bits per heavy atom. The molecule has 5 nitrogen and oxygen atoms in total. The lowest BCUT2D eigenvalue weighted by Gasteiger charge is -2.32. The van der Waals surface area contributed by atoms with Crippen LogP contribution in [0.1, 0.15) is 20.8 Å². The summed E-state index contributed by atoms with van der Waals surface area (Å²) in [5.74, 6) is 0.0703. The predicted molar refractivity (Wildman–Crippen MR) is 74.7 cm³/mol. The highest BCUT2D eigenvalue weighted by molar-refractivity contribution is 5.78. The second kappa shape index (κ2) is 7.07. The molecule has 0 unspecified atom stereocenters. The summed E-state index contributed by atoms with van der Waals surface area (Å²) < 4.78 is 0. The fraction of sp³-hybridized carbons (Fsp3) is 0.923. The first-order valence-corrected chi connectivity index (χ1v) is 6.79. The van der Waals surface area contributed by atoms with E-state index in [9.17, 15) is 4.79 Å². The van der Waals surface area contributed by atoms with Crippen LogP contribution in [-0.4, -0.2) is 74.1 Å². The van der Waals surface area contributed by atoms with E-state index in [-0.39, 0.29) is 11.4 Å². The third-order valence-corrected chi connectivity index (χ3v) is 3.00. The molecule has 0 aromatic carbocycles. The number of carbonyl (C=O) groups excluding carboxylic acids is 1. The van der Waals surface area contributed by atoms with Gasteiger partial charge in [-0.1, -0.05) is 0 Å². The van der Waals surface area contributed by atoms with E-state index in [1.165, 1.54) is 0 Å². The van der Waals surface area contributed by atoms with Gasteiger partial charge in [-0.2, -0.15) is 0 Å². The molecule has 106 valence electrons. The molecule has 2 N–H and O–H groups in total. The number of likely N-dealkylation sites (N-methyl/N-ethyl adjacent to an activating group) is 1. The molecule has 0 atom stereocenters. The lowest BCUT2D eigenvalue weighted by atomic mass is 10.1. The van der Waals surface area contributed by atoms with Crippen LogP contribution in [0.3, 0.4) is 0 Å². The van der Waals surface area contributed by atoms with Crippen molar-refractivity contribution in [2.45, 2.75) is 26.3 Å². The van der Waals surface area contributed by atoms with Crippen molar-refractivity contribution in [2.75, 3.05) is 52.9 Å². The molecule has 1 heterocycles. The Balaban J connectivity index is 2.03. The molecule has 0 spiro atoms. The van der Waals surface area contributed by atoms with Gasteiger partial charge in [-0.05, 0) is 27.8 Å². The fourth-order valence-corrected chi connectivity index (χ4v) is 1.97. The molecule has 0 bridgehead atoms. The molecule has 0 aromatic rings. The molecule has 0 aromatic heterocycles. The van der Waals surface area contributed by atoms with Crippen LogP contribution in [0, 0.1) is 0 Å². The van der Waals surface area contributed by atoms with Crippen molar-refractivity contribution in [3.63, 3.8) is 0 Å². The number of carbonyl (C=O) groups is 1. The summed E-state index contributed by atoms with van der Waals surface area (Å²) in [5.41, 5.74) is -0.143. The van der Waals surface area contributed by atoms with E-state index in [0.717, 1.165) is 39.3 Å². The van der Waals surface area contributed by atoms with Crippen molar-refractivity contribution in [3.05, 3.63) is 0 Å². The number of hydrogen-bond acceptors (Lipinski definition) is 4. The molecule has 0 saturated carbocycles. The first-order valence-electron chi connectivity index (χ1n) is 6.79. The third-order valence-electron chi connectivity index (χ3n) is 3.00. The number of nitrogens with zero attached hydrogens (tertiary/aromatic N) is 2. The van der Waals surface area contributed by atoms with E-state index in [4.69, 9.17) is 0 Å². The van der Waals surface area contributed by atoms with Gasteiger partial charge in [0.05, 0.1) is 6.54 Å². The molecule has 1 aliphatic heterocycles. The monoisotopic (exact) mass is 256 g/mol. The van der Waals surface area contributed by atoms with Crippen molar-refractivity contribution in [1.82, 2.24) is 20.4 Å². The highest BCUT2D eigenvalue weighted by Crippen LogP contribution is 1.98. The van der Waals surface area contributed by atoms with Crippen LogP contribution in [0.2, 0.25) is 0 Å². The van der Waals surface area contributed by atoms with Crippen LogP contribution >= 0.6 is 0 Å². The van der Waals surface area contributed by atoms with Gasteiger partial charge in [0, 0.05) is 44.8 Å². The van der Waals surface area contributed by atoms with Gasteiger partial charge >= 0.3 is 0 Å². The summed E-state index contributed by atoms with van der Waals surface area (Å²) in [6.45, 7) is 12.8. The molecule has 0 radical (unpaired) electrons. The second-order valence-electron chi connectivity index (χ2n) is 6.12. The van der Waals surface area contributed by atoms with Gasteiger partial charge in [0.1, 0.15) is 0 Å². The van der Waals surface area contributed by atoms with Crippen LogP contribution in [-0.2, 0) is 4.79 Å². The average Bonchev–Trinajstić information content (AvgIpc) is 2.24. The number of amides is 1. The SMILES string of the molecule is CN1CCN(CCNCC(=O)NC(C)(C)C)CC1. The number of nitrogens with one attached hydrogen (secondary N) is 2. The standard InChI is InChI=1S/C13H28N4O/c1-13(2,3)15-12(18)11-14-5-6-17-9-7-16(4)8-10-17/h14H,5-11H2,1-4H3,(H,15,18). The van der Waals surface area contributed by atoms with E-state index in [2.05, 4.69) is 27.5 Å². The summed E-state index contributed by atoms with van der Waals surface area (Å²) in [4.78, 5) is 16.3. The largest absolute Gasteiger partial charge is 0.350 e. The zero-order valence-electron chi connectivity index (χ0n) is 12.3. The van der Waals surface area contributed by atoms with Gasteiger partial charge < -0.3 is 15.5 Å². The summed E-state index contributed by atoms with van der Waals surface area (Å²) in [7, 11) is 2.16. The number of piperazine rings is 1. The van der Waals surface area contributed by atoms with Gasteiger partial charge in [-0.3, -0.25) is 9.69 Å². The summed E-state index contributed by atoms with van der Waals surface area (Å²) >= 11 is 0. The first kappa shape index (κ1) is 15.4. The Morgan fingerprint density at radius 1 is 1.17 bits per heavy atom. The molecule has 5 heteroatoms. The zero-order valence-corrected chi connectivity index (χ0v) is 12.3. The number of hydrogen-bond donors (Lipinski definition) is 2. The molecule has 1 aliphatic rings. The normalized spacial score (nSPS) is 18.9. The van der Waals surface area contributed by atoms with Crippen molar-refractivity contribution >= 4 is 5.91 Å².